The second kappa shape index (κ2) is 6.18. The van der Waals surface area contributed by atoms with Crippen LogP contribution in [0.1, 0.15) is 43.6 Å². The molecule has 0 spiro atoms. The molecule has 0 heterocycles. The van der Waals surface area contributed by atoms with E-state index in [1.807, 2.05) is 0 Å². The van der Waals surface area contributed by atoms with Gasteiger partial charge in [0, 0.05) is 17.2 Å². The van der Waals surface area contributed by atoms with E-state index in [0.717, 1.165) is 6.08 Å². The number of esters is 1. The molecule has 0 bridgehead atoms. The predicted octanol–water partition coefficient (Wildman–Crippen LogP) is 4.04. The van der Waals surface area contributed by atoms with Crippen LogP contribution in [0, 0.1) is 5.82 Å². The van der Waals surface area contributed by atoms with Crippen molar-refractivity contribution >= 4 is 29.4 Å². The number of ketones is 1. The number of carbonyl (C=O) groups excluding carboxylic acids is 2. The van der Waals surface area contributed by atoms with Gasteiger partial charge in [0.1, 0.15) is 11.4 Å². The first-order valence-corrected chi connectivity index (χ1v) is 6.39. The van der Waals surface area contributed by atoms with Crippen molar-refractivity contribution in [2.45, 2.75) is 33.3 Å². The Bertz CT molecular complexity index is 571. The largest absolute Gasteiger partial charge is 0.457 e. The highest BCUT2D eigenvalue weighted by atomic mass is 35.5. The van der Waals surface area contributed by atoms with E-state index in [1.54, 1.807) is 20.8 Å². The number of Topliss-reactive ketones (excluding diaryl/α,β-unsaturated/α-hetero) is 1. The Morgan fingerprint density at radius 2 is 1.90 bits per heavy atom. The normalized spacial score (nSPS) is 11.7. The first kappa shape index (κ1) is 16.4. The van der Waals surface area contributed by atoms with Crippen LogP contribution in [0.15, 0.2) is 18.2 Å². The highest BCUT2D eigenvalue weighted by Gasteiger charge is 2.16. The molecule has 1 aromatic rings. The molecule has 0 atom stereocenters. The minimum absolute atomic E-state index is 0.0177. The number of carbonyl (C=O) groups is 2. The lowest BCUT2D eigenvalue weighted by Gasteiger charge is -2.18. The van der Waals surface area contributed by atoms with Crippen molar-refractivity contribution in [2.75, 3.05) is 0 Å². The summed E-state index contributed by atoms with van der Waals surface area (Å²) in [5, 5.41) is -0.112. The Kier molecular flexibility index (Phi) is 5.06. The zero-order valence-corrected chi connectivity index (χ0v) is 12.5. The first-order valence-electron chi connectivity index (χ1n) is 6.02. The molecule has 20 heavy (non-hydrogen) atoms. The summed E-state index contributed by atoms with van der Waals surface area (Å²) in [4.78, 5) is 23.0. The molecular weight excluding hydrogens is 283 g/mol. The van der Waals surface area contributed by atoms with E-state index < -0.39 is 17.4 Å². The molecule has 0 fully saturated rings. The van der Waals surface area contributed by atoms with Crippen LogP contribution in [-0.4, -0.2) is 17.4 Å². The lowest BCUT2D eigenvalue weighted by molar-refractivity contribution is -0.148. The van der Waals surface area contributed by atoms with Gasteiger partial charge in [-0.15, -0.1) is 0 Å². The Labute approximate surface area is 122 Å². The van der Waals surface area contributed by atoms with E-state index in [-0.39, 0.29) is 21.9 Å². The van der Waals surface area contributed by atoms with E-state index in [9.17, 15) is 14.0 Å². The number of halogens is 2. The van der Waals surface area contributed by atoms with Crippen molar-refractivity contribution in [1.82, 2.24) is 0 Å². The first-order chi connectivity index (χ1) is 9.11. The van der Waals surface area contributed by atoms with Crippen molar-refractivity contribution in [1.29, 1.82) is 0 Å². The Morgan fingerprint density at radius 3 is 2.40 bits per heavy atom. The van der Waals surface area contributed by atoms with Gasteiger partial charge in [-0.2, -0.15) is 0 Å². The number of hydrogen-bond donors (Lipinski definition) is 0. The van der Waals surface area contributed by atoms with E-state index in [2.05, 4.69) is 0 Å². The van der Waals surface area contributed by atoms with Crippen molar-refractivity contribution in [2.24, 2.45) is 0 Å². The van der Waals surface area contributed by atoms with Crippen LogP contribution in [0.5, 0.6) is 0 Å². The zero-order chi connectivity index (χ0) is 15.5. The van der Waals surface area contributed by atoms with Gasteiger partial charge < -0.3 is 4.74 Å². The van der Waals surface area contributed by atoms with Crippen LogP contribution in [0.3, 0.4) is 0 Å². The molecule has 0 N–H and O–H groups in total. The molecule has 0 saturated heterocycles. The van der Waals surface area contributed by atoms with Gasteiger partial charge in [0.05, 0.1) is 5.02 Å². The lowest BCUT2D eigenvalue weighted by Crippen LogP contribution is -2.22. The molecule has 0 aliphatic rings. The average molecular weight is 299 g/mol. The summed E-state index contributed by atoms with van der Waals surface area (Å²) in [6, 6.07) is 2.72. The SMILES string of the molecule is CC(=O)c1ccc(Cl)c(F)c1C=CC(=O)OC(C)(C)C. The summed E-state index contributed by atoms with van der Waals surface area (Å²) >= 11 is 5.68. The molecule has 5 heteroatoms. The van der Waals surface area contributed by atoms with Gasteiger partial charge in [-0.3, -0.25) is 4.79 Å². The van der Waals surface area contributed by atoms with Gasteiger partial charge in [-0.05, 0) is 45.9 Å². The molecule has 0 aliphatic heterocycles. The average Bonchev–Trinajstić information content (AvgIpc) is 2.28. The summed E-state index contributed by atoms with van der Waals surface area (Å²) in [5.41, 5.74) is -0.500. The second-order valence-electron chi connectivity index (χ2n) is 5.25. The summed E-state index contributed by atoms with van der Waals surface area (Å²) in [6.07, 6.45) is 2.28. The molecular formula is C15H16ClFO3. The topological polar surface area (TPSA) is 43.4 Å². The lowest BCUT2D eigenvalue weighted by atomic mass is 10.0. The highest BCUT2D eigenvalue weighted by Crippen LogP contribution is 2.24. The monoisotopic (exact) mass is 298 g/mol. The Morgan fingerprint density at radius 1 is 1.30 bits per heavy atom. The van der Waals surface area contributed by atoms with Crippen LogP contribution >= 0.6 is 11.6 Å². The third kappa shape index (κ3) is 4.46. The summed E-state index contributed by atoms with van der Waals surface area (Å²) in [5.74, 6) is -1.67. The van der Waals surface area contributed by atoms with Crippen LogP contribution in [0.4, 0.5) is 4.39 Å². The standard InChI is InChI=1S/C15H16ClFO3/c1-9(18)10-5-7-12(16)14(17)11(10)6-8-13(19)20-15(2,3)4/h5-8H,1-4H3. The number of ether oxygens (including phenoxy) is 1. The van der Waals surface area contributed by atoms with E-state index >= 15 is 0 Å². The third-order valence-corrected chi connectivity index (χ3v) is 2.60. The van der Waals surface area contributed by atoms with Gasteiger partial charge in [-0.1, -0.05) is 11.6 Å². The van der Waals surface area contributed by atoms with Crippen molar-refractivity contribution in [3.05, 3.63) is 40.2 Å². The molecule has 108 valence electrons. The molecule has 1 rings (SSSR count). The summed E-state index contributed by atoms with van der Waals surface area (Å²) in [6.45, 7) is 6.48. The summed E-state index contributed by atoms with van der Waals surface area (Å²) in [7, 11) is 0. The zero-order valence-electron chi connectivity index (χ0n) is 11.8. The number of rotatable bonds is 3. The Balaban J connectivity index is 3.11. The van der Waals surface area contributed by atoms with Gasteiger partial charge >= 0.3 is 5.97 Å². The maximum absolute atomic E-state index is 13.9. The van der Waals surface area contributed by atoms with Gasteiger partial charge in [0.15, 0.2) is 5.78 Å². The smallest absolute Gasteiger partial charge is 0.331 e. The van der Waals surface area contributed by atoms with Crippen LogP contribution < -0.4 is 0 Å². The quantitative estimate of drug-likeness (QED) is 0.480. The predicted molar refractivity (Wildman–Crippen MR) is 76.3 cm³/mol. The van der Waals surface area contributed by atoms with E-state index in [4.69, 9.17) is 16.3 Å². The van der Waals surface area contributed by atoms with Crippen molar-refractivity contribution in [3.63, 3.8) is 0 Å². The van der Waals surface area contributed by atoms with Crippen molar-refractivity contribution in [3.8, 4) is 0 Å². The van der Waals surface area contributed by atoms with Gasteiger partial charge in [0.2, 0.25) is 0 Å². The molecule has 0 unspecified atom stereocenters. The maximum Gasteiger partial charge on any atom is 0.331 e. The fraction of sp³-hybridized carbons (Fsp3) is 0.333. The van der Waals surface area contributed by atoms with Crippen LogP contribution in [0.25, 0.3) is 6.08 Å². The third-order valence-electron chi connectivity index (χ3n) is 2.30. The van der Waals surface area contributed by atoms with Crippen molar-refractivity contribution < 1.29 is 18.7 Å². The number of benzene rings is 1. The van der Waals surface area contributed by atoms with Gasteiger partial charge in [0.25, 0.3) is 0 Å². The minimum Gasteiger partial charge on any atom is -0.457 e. The molecule has 0 aliphatic carbocycles. The molecule has 0 aromatic heterocycles. The highest BCUT2D eigenvalue weighted by molar-refractivity contribution is 6.31. The van der Waals surface area contributed by atoms with E-state index in [1.165, 1.54) is 25.1 Å². The van der Waals surface area contributed by atoms with E-state index in [0.29, 0.717) is 0 Å². The van der Waals surface area contributed by atoms with Crippen LogP contribution in [0.2, 0.25) is 5.02 Å². The fourth-order valence-electron chi connectivity index (χ4n) is 1.52. The molecule has 0 radical (unpaired) electrons. The molecule has 1 aromatic carbocycles. The molecule has 0 saturated carbocycles. The maximum atomic E-state index is 13.9. The number of hydrogen-bond acceptors (Lipinski definition) is 3. The fourth-order valence-corrected chi connectivity index (χ4v) is 1.69. The van der Waals surface area contributed by atoms with Gasteiger partial charge in [-0.25, -0.2) is 9.18 Å². The molecule has 0 amide bonds. The second-order valence-corrected chi connectivity index (χ2v) is 5.65. The molecule has 3 nitrogen and oxygen atoms in total. The van der Waals surface area contributed by atoms with Crippen LogP contribution in [-0.2, 0) is 9.53 Å². The minimum atomic E-state index is -0.737. The Hall–Kier alpha value is -1.68. The summed E-state index contributed by atoms with van der Waals surface area (Å²) < 4.78 is 19.0.